The molecule has 0 aliphatic heterocycles. The summed E-state index contributed by atoms with van der Waals surface area (Å²) < 4.78 is 49.3. The van der Waals surface area contributed by atoms with Gasteiger partial charge in [0.2, 0.25) is 0 Å². The van der Waals surface area contributed by atoms with E-state index in [1.54, 1.807) is 12.1 Å². The van der Waals surface area contributed by atoms with E-state index in [0.29, 0.717) is 11.4 Å². The van der Waals surface area contributed by atoms with Gasteiger partial charge in [-0.15, -0.1) is 0 Å². The maximum atomic E-state index is 15.0. The van der Waals surface area contributed by atoms with Crippen LogP contribution >= 0.6 is 0 Å². The van der Waals surface area contributed by atoms with Gasteiger partial charge < -0.3 is 9.13 Å². The average molecular weight is 811 g/mol. The second-order valence-electron chi connectivity index (χ2n) is 16.2. The van der Waals surface area contributed by atoms with Crippen LogP contribution in [0.15, 0.2) is 152 Å². The van der Waals surface area contributed by atoms with Gasteiger partial charge in [0.05, 0.1) is 52.1 Å². The Morgan fingerprint density at radius 1 is 0.419 bits per heavy atom. The summed E-state index contributed by atoms with van der Waals surface area (Å²) in [4.78, 5) is 7.52. The van der Waals surface area contributed by atoms with Gasteiger partial charge in [0.25, 0.3) is 0 Å². The highest BCUT2D eigenvalue weighted by Gasteiger charge is 2.36. The molecule has 2 heterocycles. The number of halogens is 3. The molecule has 0 aliphatic rings. The van der Waals surface area contributed by atoms with Gasteiger partial charge in [-0.2, -0.15) is 13.2 Å². The molecule has 0 atom stereocenters. The SMILES string of the molecule is [C-]#[N+]c1cc(-n2c3ccccc3c3ccc(-c4cc(C)cc(C)c4)cc32)c(-n2c3ccccc3c3ccc(-c4cc(C)cc(C)c4)cc32)cc1-c1c([N+]#[C-])cccc1C(F)(F)F. The van der Waals surface area contributed by atoms with Crippen molar-refractivity contribution in [2.75, 3.05) is 0 Å². The first-order chi connectivity index (χ1) is 29.9. The van der Waals surface area contributed by atoms with Crippen LogP contribution in [0.1, 0.15) is 27.8 Å². The molecule has 4 nitrogen and oxygen atoms in total. The maximum Gasteiger partial charge on any atom is 0.415 e. The van der Waals surface area contributed by atoms with Crippen molar-refractivity contribution in [3.05, 3.63) is 202 Å². The molecule has 2 aromatic heterocycles. The van der Waals surface area contributed by atoms with E-state index < -0.39 is 11.7 Å². The van der Waals surface area contributed by atoms with Crippen molar-refractivity contribution in [1.82, 2.24) is 9.13 Å². The van der Waals surface area contributed by atoms with Crippen LogP contribution in [0.5, 0.6) is 0 Å². The van der Waals surface area contributed by atoms with E-state index in [9.17, 15) is 0 Å². The van der Waals surface area contributed by atoms with Crippen molar-refractivity contribution in [3.8, 4) is 44.8 Å². The molecular formula is C55H37F3N4. The number of aryl methyl sites for hydroxylation is 4. The lowest BCUT2D eigenvalue weighted by Crippen LogP contribution is -2.08. The van der Waals surface area contributed by atoms with Crippen molar-refractivity contribution in [3.63, 3.8) is 0 Å². The van der Waals surface area contributed by atoms with Gasteiger partial charge >= 0.3 is 6.18 Å². The molecule has 0 N–H and O–H groups in total. The smallest absolute Gasteiger partial charge is 0.308 e. The maximum absolute atomic E-state index is 15.0. The summed E-state index contributed by atoms with van der Waals surface area (Å²) in [6, 6.07) is 48.9. The molecule has 298 valence electrons. The Labute approximate surface area is 357 Å². The molecule has 62 heavy (non-hydrogen) atoms. The van der Waals surface area contributed by atoms with Crippen molar-refractivity contribution in [2.45, 2.75) is 33.9 Å². The largest absolute Gasteiger partial charge is 0.415 e. The average Bonchev–Trinajstić information content (AvgIpc) is 3.76. The van der Waals surface area contributed by atoms with Gasteiger partial charge in [-0.3, -0.25) is 0 Å². The van der Waals surface area contributed by atoms with Crippen LogP contribution in [0.2, 0.25) is 0 Å². The highest BCUT2D eigenvalue weighted by atomic mass is 19.4. The molecule has 10 rings (SSSR count). The third-order valence-electron chi connectivity index (χ3n) is 11.9. The summed E-state index contributed by atoms with van der Waals surface area (Å²) in [5.41, 5.74) is 11.8. The Morgan fingerprint density at radius 3 is 1.34 bits per heavy atom. The fraction of sp³-hybridized carbons (Fsp3) is 0.0909. The number of hydrogen-bond acceptors (Lipinski definition) is 0. The zero-order valence-electron chi connectivity index (χ0n) is 34.4. The van der Waals surface area contributed by atoms with Crippen molar-refractivity contribution in [2.24, 2.45) is 0 Å². The first kappa shape index (κ1) is 38.3. The molecule has 0 spiro atoms. The van der Waals surface area contributed by atoms with E-state index >= 15 is 13.2 Å². The molecule has 0 saturated heterocycles. The predicted octanol–water partition coefficient (Wildman–Crippen LogP) is 16.2. The van der Waals surface area contributed by atoms with Gasteiger partial charge in [0.1, 0.15) is 0 Å². The molecule has 0 amide bonds. The summed E-state index contributed by atoms with van der Waals surface area (Å²) in [5, 5.41) is 3.91. The Kier molecular flexibility index (Phi) is 8.91. The number of hydrogen-bond donors (Lipinski definition) is 0. The third-order valence-corrected chi connectivity index (χ3v) is 11.9. The normalized spacial score (nSPS) is 11.8. The first-order valence-electron chi connectivity index (χ1n) is 20.3. The van der Waals surface area contributed by atoms with Crippen molar-refractivity contribution in [1.29, 1.82) is 0 Å². The van der Waals surface area contributed by atoms with Crippen LogP contribution in [-0.4, -0.2) is 9.13 Å². The molecule has 0 fully saturated rings. The minimum Gasteiger partial charge on any atom is -0.308 e. The second-order valence-corrected chi connectivity index (χ2v) is 16.2. The van der Waals surface area contributed by atoms with E-state index in [2.05, 4.69) is 131 Å². The lowest BCUT2D eigenvalue weighted by Gasteiger charge is -2.22. The lowest BCUT2D eigenvalue weighted by molar-refractivity contribution is -0.137. The predicted molar refractivity (Wildman–Crippen MR) is 248 cm³/mol. The quantitative estimate of drug-likeness (QED) is 0.154. The van der Waals surface area contributed by atoms with Crippen molar-refractivity contribution >= 4 is 55.0 Å². The Morgan fingerprint density at radius 2 is 0.871 bits per heavy atom. The number of fused-ring (bicyclic) bond motifs is 6. The van der Waals surface area contributed by atoms with Crippen molar-refractivity contribution < 1.29 is 13.2 Å². The second kappa shape index (κ2) is 14.4. The van der Waals surface area contributed by atoms with E-state index in [4.69, 9.17) is 13.1 Å². The van der Waals surface area contributed by atoms with Gasteiger partial charge in [0.15, 0.2) is 11.4 Å². The summed E-state index contributed by atoms with van der Waals surface area (Å²) in [5.74, 6) is 0. The first-order valence-corrected chi connectivity index (χ1v) is 20.3. The van der Waals surface area contributed by atoms with E-state index in [0.717, 1.165) is 94.2 Å². The molecule has 8 aromatic carbocycles. The molecule has 0 aliphatic carbocycles. The van der Waals surface area contributed by atoms with Crippen LogP contribution in [0.25, 0.3) is 98.1 Å². The number of alkyl halides is 3. The van der Waals surface area contributed by atoms with Gasteiger partial charge in [-0.1, -0.05) is 138 Å². The number of aromatic nitrogens is 2. The third kappa shape index (κ3) is 6.21. The van der Waals surface area contributed by atoms with E-state index in [-0.39, 0.29) is 22.5 Å². The highest BCUT2D eigenvalue weighted by Crippen LogP contribution is 2.49. The molecule has 0 saturated carbocycles. The van der Waals surface area contributed by atoms with Gasteiger partial charge in [-0.05, 0) is 97.5 Å². The Balaban J connectivity index is 1.39. The molecule has 10 aromatic rings. The van der Waals surface area contributed by atoms with Gasteiger partial charge in [-0.25, -0.2) is 9.69 Å². The van der Waals surface area contributed by atoms with E-state index in [1.807, 2.05) is 36.4 Å². The fourth-order valence-electron chi connectivity index (χ4n) is 9.47. The summed E-state index contributed by atoms with van der Waals surface area (Å²) in [7, 11) is 0. The minimum absolute atomic E-state index is 0.00145. The summed E-state index contributed by atoms with van der Waals surface area (Å²) >= 11 is 0. The highest BCUT2D eigenvalue weighted by molar-refractivity contribution is 6.13. The molecule has 0 unspecified atom stereocenters. The zero-order chi connectivity index (χ0) is 43.0. The van der Waals surface area contributed by atoms with E-state index in [1.165, 1.54) is 12.1 Å². The van der Waals surface area contributed by atoms with Crippen LogP contribution < -0.4 is 0 Å². The fourth-order valence-corrected chi connectivity index (χ4v) is 9.47. The minimum atomic E-state index is -4.79. The standard InChI is InChI=1S/C55H37F3N4/c1-32-22-33(2)25-38(24-32)36-18-20-42-40-12-7-9-16-48(40)61(50(42)28-36)52-30-44(54-45(55(56,57)58)14-11-15-46(54)59-5)47(60-6)31-53(52)62-49-17-10-8-13-41(49)43-21-19-37(29-51(43)62)39-26-34(3)23-35(4)27-39/h7-31H,1-4H3. The number of rotatable bonds is 5. The van der Waals surface area contributed by atoms with Crippen LogP contribution in [-0.2, 0) is 6.18 Å². The number of benzene rings is 8. The summed E-state index contributed by atoms with van der Waals surface area (Å²) in [6.07, 6.45) is -4.79. The van der Waals surface area contributed by atoms with Crippen LogP contribution in [0.3, 0.4) is 0 Å². The van der Waals surface area contributed by atoms with Gasteiger partial charge in [0, 0.05) is 21.5 Å². The monoisotopic (exact) mass is 810 g/mol. The van der Waals surface area contributed by atoms with Crippen LogP contribution in [0.4, 0.5) is 24.5 Å². The Bertz CT molecular complexity index is 3550. The molecule has 0 bridgehead atoms. The topological polar surface area (TPSA) is 18.6 Å². The molecule has 0 radical (unpaired) electrons. The summed E-state index contributed by atoms with van der Waals surface area (Å²) in [6.45, 7) is 24.9. The zero-order valence-corrected chi connectivity index (χ0v) is 34.4. The number of para-hydroxylation sites is 2. The van der Waals surface area contributed by atoms with Crippen LogP contribution in [0, 0.1) is 40.8 Å². The lowest BCUT2D eigenvalue weighted by atomic mass is 9.94. The number of nitrogens with zero attached hydrogens (tertiary/aromatic N) is 4. The Hall–Kier alpha value is -7.87. The molecule has 7 heteroatoms. The molecular weight excluding hydrogens is 774 g/mol.